The molecule has 0 aliphatic rings. The van der Waals surface area contributed by atoms with E-state index in [1.54, 1.807) is 25.1 Å². The van der Waals surface area contributed by atoms with Gasteiger partial charge >= 0.3 is 5.97 Å². The molecule has 1 amide bonds. The van der Waals surface area contributed by atoms with E-state index in [2.05, 4.69) is 22.2 Å². The maximum atomic E-state index is 12.6. The number of amides is 1. The molecule has 3 rings (SSSR count). The van der Waals surface area contributed by atoms with Crippen LogP contribution in [-0.2, 0) is 9.53 Å². The summed E-state index contributed by atoms with van der Waals surface area (Å²) in [5.74, 6) is -0.779. The molecular formula is C20H22N4O4. The van der Waals surface area contributed by atoms with E-state index in [0.29, 0.717) is 28.7 Å². The number of aromatic nitrogens is 3. The fourth-order valence-corrected chi connectivity index (χ4v) is 2.91. The molecule has 1 N–H and O–H groups in total. The van der Waals surface area contributed by atoms with Crippen LogP contribution in [0.25, 0.3) is 16.6 Å². The van der Waals surface area contributed by atoms with Gasteiger partial charge in [-0.05, 0) is 31.5 Å². The number of esters is 1. The average molecular weight is 382 g/mol. The van der Waals surface area contributed by atoms with Crippen molar-refractivity contribution in [2.45, 2.75) is 39.5 Å². The smallest absolute Gasteiger partial charge is 0.345 e. The number of benzene rings is 1. The normalized spacial score (nSPS) is 10.9. The zero-order chi connectivity index (χ0) is 20.1. The number of carbonyl (C=O) groups excluding carboxylic acids is 2. The lowest BCUT2D eigenvalue weighted by molar-refractivity contribution is -0.116. The first-order valence-electron chi connectivity index (χ1n) is 9.32. The van der Waals surface area contributed by atoms with Gasteiger partial charge in [0.25, 0.3) is 5.56 Å². The Morgan fingerprint density at radius 1 is 1.18 bits per heavy atom. The second-order valence-electron chi connectivity index (χ2n) is 6.37. The molecule has 0 bridgehead atoms. The molecular weight excluding hydrogens is 360 g/mol. The van der Waals surface area contributed by atoms with Gasteiger partial charge in [-0.3, -0.25) is 9.59 Å². The maximum Gasteiger partial charge on any atom is 0.345 e. The van der Waals surface area contributed by atoms with Crippen molar-refractivity contribution in [1.82, 2.24) is 14.4 Å². The number of hydrogen-bond acceptors (Lipinski definition) is 6. The van der Waals surface area contributed by atoms with Crippen LogP contribution in [0.2, 0.25) is 0 Å². The first kappa shape index (κ1) is 19.5. The van der Waals surface area contributed by atoms with Crippen molar-refractivity contribution in [3.8, 4) is 0 Å². The van der Waals surface area contributed by atoms with E-state index >= 15 is 0 Å². The molecule has 0 atom stereocenters. The summed E-state index contributed by atoms with van der Waals surface area (Å²) in [6.45, 7) is 3.91. The Morgan fingerprint density at radius 2 is 2.00 bits per heavy atom. The van der Waals surface area contributed by atoms with Crippen molar-refractivity contribution in [3.05, 3.63) is 46.6 Å². The standard InChI is InChI=1S/C20H22N4O4/c1-3-5-6-7-17(25)23-13-8-9-16-14(10-13)18-21-11-15(20(27)28-4-2)19(26)24(18)12-22-16/h8-12H,3-7H2,1-2H3,(H,23,25). The number of unbranched alkanes of at least 4 members (excludes halogenated alkanes) is 2. The molecule has 0 saturated carbocycles. The molecule has 0 radical (unpaired) electrons. The third-order valence-electron chi connectivity index (χ3n) is 4.33. The van der Waals surface area contributed by atoms with Crippen molar-refractivity contribution in [2.75, 3.05) is 11.9 Å². The molecule has 8 heteroatoms. The molecule has 2 aromatic heterocycles. The van der Waals surface area contributed by atoms with Crippen molar-refractivity contribution >= 4 is 34.1 Å². The van der Waals surface area contributed by atoms with Crippen LogP contribution >= 0.6 is 0 Å². The Morgan fingerprint density at radius 3 is 2.75 bits per heavy atom. The minimum absolute atomic E-state index is 0.0595. The first-order chi connectivity index (χ1) is 13.5. The van der Waals surface area contributed by atoms with Gasteiger partial charge in [-0.1, -0.05) is 19.8 Å². The summed E-state index contributed by atoms with van der Waals surface area (Å²) in [7, 11) is 0. The summed E-state index contributed by atoms with van der Waals surface area (Å²) in [4.78, 5) is 45.1. The van der Waals surface area contributed by atoms with Gasteiger partial charge in [0.2, 0.25) is 5.91 Å². The Kier molecular flexibility index (Phi) is 5.98. The maximum absolute atomic E-state index is 12.6. The number of hydrogen-bond donors (Lipinski definition) is 1. The molecule has 2 heterocycles. The second kappa shape index (κ2) is 8.60. The molecule has 0 saturated heterocycles. The van der Waals surface area contributed by atoms with Gasteiger partial charge in [0.1, 0.15) is 17.5 Å². The van der Waals surface area contributed by atoms with Crippen molar-refractivity contribution in [3.63, 3.8) is 0 Å². The van der Waals surface area contributed by atoms with Gasteiger partial charge in [-0.15, -0.1) is 0 Å². The number of fused-ring (bicyclic) bond motifs is 3. The highest BCUT2D eigenvalue weighted by Crippen LogP contribution is 2.21. The molecule has 0 fully saturated rings. The van der Waals surface area contributed by atoms with Crippen LogP contribution in [0.5, 0.6) is 0 Å². The number of anilines is 1. The molecule has 146 valence electrons. The van der Waals surface area contributed by atoms with Crippen molar-refractivity contribution in [1.29, 1.82) is 0 Å². The lowest BCUT2D eigenvalue weighted by atomic mass is 10.2. The second-order valence-corrected chi connectivity index (χ2v) is 6.37. The van der Waals surface area contributed by atoms with E-state index < -0.39 is 11.5 Å². The monoisotopic (exact) mass is 382 g/mol. The van der Waals surface area contributed by atoms with Gasteiger partial charge in [-0.25, -0.2) is 19.2 Å². The third-order valence-corrected chi connectivity index (χ3v) is 4.33. The van der Waals surface area contributed by atoms with Crippen LogP contribution in [0.3, 0.4) is 0 Å². The summed E-state index contributed by atoms with van der Waals surface area (Å²) in [5, 5.41) is 3.46. The molecule has 28 heavy (non-hydrogen) atoms. The fraction of sp³-hybridized carbons (Fsp3) is 0.350. The SMILES string of the molecule is CCCCCC(=O)Nc1ccc2ncn3c(=O)c(C(=O)OCC)cnc3c2c1. The molecule has 1 aromatic carbocycles. The van der Waals surface area contributed by atoms with Crippen LogP contribution < -0.4 is 10.9 Å². The summed E-state index contributed by atoms with van der Waals surface area (Å²) < 4.78 is 6.10. The number of nitrogens with zero attached hydrogens (tertiary/aromatic N) is 3. The Balaban J connectivity index is 1.98. The van der Waals surface area contributed by atoms with Crippen molar-refractivity contribution in [2.24, 2.45) is 0 Å². The highest BCUT2D eigenvalue weighted by molar-refractivity contribution is 5.98. The van der Waals surface area contributed by atoms with Gasteiger partial charge in [0, 0.05) is 23.7 Å². The van der Waals surface area contributed by atoms with Gasteiger partial charge in [-0.2, -0.15) is 0 Å². The lowest BCUT2D eigenvalue weighted by Gasteiger charge is -2.09. The lowest BCUT2D eigenvalue weighted by Crippen LogP contribution is -2.24. The first-order valence-corrected chi connectivity index (χ1v) is 9.32. The minimum Gasteiger partial charge on any atom is -0.462 e. The molecule has 0 aliphatic heterocycles. The number of nitrogens with one attached hydrogen (secondary N) is 1. The summed E-state index contributed by atoms with van der Waals surface area (Å²) in [6.07, 6.45) is 5.91. The molecule has 0 aliphatic carbocycles. The van der Waals surface area contributed by atoms with Crippen molar-refractivity contribution < 1.29 is 14.3 Å². The predicted octanol–water partition coefficient (Wildman–Crippen LogP) is 2.94. The summed E-state index contributed by atoms with van der Waals surface area (Å²) in [6, 6.07) is 5.24. The van der Waals surface area contributed by atoms with Crippen LogP contribution in [0.15, 0.2) is 35.5 Å². The number of ether oxygens (including phenoxy) is 1. The number of rotatable bonds is 7. The predicted molar refractivity (Wildman–Crippen MR) is 105 cm³/mol. The van der Waals surface area contributed by atoms with Crippen LogP contribution in [0, 0.1) is 0 Å². The van der Waals surface area contributed by atoms with E-state index in [1.807, 2.05) is 0 Å². The Bertz CT molecular complexity index is 1090. The summed E-state index contributed by atoms with van der Waals surface area (Å²) >= 11 is 0. The van der Waals surface area contributed by atoms with E-state index in [0.717, 1.165) is 19.3 Å². The van der Waals surface area contributed by atoms with E-state index in [-0.39, 0.29) is 18.1 Å². The highest BCUT2D eigenvalue weighted by Gasteiger charge is 2.16. The fourth-order valence-electron chi connectivity index (χ4n) is 2.91. The van der Waals surface area contributed by atoms with Gasteiger partial charge < -0.3 is 10.1 Å². The van der Waals surface area contributed by atoms with E-state index in [1.165, 1.54) is 16.9 Å². The number of carbonyl (C=O) groups is 2. The van der Waals surface area contributed by atoms with E-state index in [4.69, 9.17) is 4.74 Å². The largest absolute Gasteiger partial charge is 0.462 e. The molecule has 0 spiro atoms. The Labute approximate surface area is 161 Å². The van der Waals surface area contributed by atoms with Gasteiger partial charge in [0.15, 0.2) is 0 Å². The Hall–Kier alpha value is -3.29. The van der Waals surface area contributed by atoms with Gasteiger partial charge in [0.05, 0.1) is 12.1 Å². The summed E-state index contributed by atoms with van der Waals surface area (Å²) in [5.41, 5.74) is 0.880. The minimum atomic E-state index is -0.720. The average Bonchev–Trinajstić information content (AvgIpc) is 2.68. The van der Waals surface area contributed by atoms with Crippen LogP contribution in [-0.4, -0.2) is 32.9 Å². The topological polar surface area (TPSA) is 103 Å². The highest BCUT2D eigenvalue weighted by atomic mass is 16.5. The van der Waals surface area contributed by atoms with Crippen LogP contribution in [0.4, 0.5) is 5.69 Å². The molecule has 8 nitrogen and oxygen atoms in total. The van der Waals surface area contributed by atoms with E-state index in [9.17, 15) is 14.4 Å². The molecule has 0 unspecified atom stereocenters. The quantitative estimate of drug-likeness (QED) is 0.383. The zero-order valence-corrected chi connectivity index (χ0v) is 15.9. The zero-order valence-electron chi connectivity index (χ0n) is 15.9. The molecule has 3 aromatic rings. The third kappa shape index (κ3) is 4.00. The van der Waals surface area contributed by atoms with Crippen LogP contribution in [0.1, 0.15) is 49.9 Å².